The third kappa shape index (κ3) is 3.26. The fourth-order valence-electron chi connectivity index (χ4n) is 1.23. The van der Waals surface area contributed by atoms with Crippen LogP contribution in [-0.4, -0.2) is 31.7 Å². The molecule has 0 fully saturated rings. The summed E-state index contributed by atoms with van der Waals surface area (Å²) in [6.45, 7) is 0.167. The highest BCUT2D eigenvalue weighted by Crippen LogP contribution is 2.16. The number of aryl methyl sites for hydroxylation is 1. The Balaban J connectivity index is 2.81. The van der Waals surface area contributed by atoms with Gasteiger partial charge >= 0.3 is 11.7 Å². The molecule has 0 aliphatic heterocycles. The molecule has 0 aromatic carbocycles. The number of hydrogen-bond donors (Lipinski definition) is 2. The smallest absolute Gasteiger partial charge is 0.320 e. The second-order valence-corrected chi connectivity index (χ2v) is 3.24. The second-order valence-electron chi connectivity index (χ2n) is 3.24. The van der Waals surface area contributed by atoms with Crippen LogP contribution in [0.2, 0.25) is 0 Å². The molecule has 17 heavy (non-hydrogen) atoms. The van der Waals surface area contributed by atoms with E-state index in [4.69, 9.17) is 10.8 Å². The standard InChI is InChI=1S/C8H10N4O5/c9-8(15)7-5(12(16)17)4-11(10-7)3-1-2-6(13)14/h4H,1-3H2,(H2,9,15)(H,13,14). The van der Waals surface area contributed by atoms with E-state index in [1.54, 1.807) is 0 Å². The van der Waals surface area contributed by atoms with Crippen LogP contribution in [0.1, 0.15) is 23.3 Å². The zero-order valence-corrected chi connectivity index (χ0v) is 8.70. The topological polar surface area (TPSA) is 141 Å². The van der Waals surface area contributed by atoms with Gasteiger partial charge in [0.25, 0.3) is 5.91 Å². The number of carbonyl (C=O) groups excluding carboxylic acids is 1. The van der Waals surface area contributed by atoms with Gasteiger partial charge in [0.15, 0.2) is 0 Å². The van der Waals surface area contributed by atoms with Crippen LogP contribution >= 0.6 is 0 Å². The van der Waals surface area contributed by atoms with Crippen LogP contribution < -0.4 is 5.73 Å². The van der Waals surface area contributed by atoms with Gasteiger partial charge in [-0.2, -0.15) is 5.10 Å². The number of carboxylic acid groups (broad SMARTS) is 1. The number of carbonyl (C=O) groups is 2. The Labute approximate surface area is 95.0 Å². The average Bonchev–Trinajstić information content (AvgIpc) is 2.61. The van der Waals surface area contributed by atoms with Gasteiger partial charge in [0, 0.05) is 13.0 Å². The first-order valence-electron chi connectivity index (χ1n) is 4.65. The van der Waals surface area contributed by atoms with Gasteiger partial charge in [-0.15, -0.1) is 0 Å². The molecule has 1 aromatic heterocycles. The Kier molecular flexibility index (Phi) is 3.75. The summed E-state index contributed by atoms with van der Waals surface area (Å²) in [4.78, 5) is 30.9. The van der Waals surface area contributed by atoms with Gasteiger partial charge in [0.2, 0.25) is 5.69 Å². The number of aromatic nitrogens is 2. The molecular formula is C8H10N4O5. The number of hydrogen-bond acceptors (Lipinski definition) is 5. The molecular weight excluding hydrogens is 232 g/mol. The number of carboxylic acids is 1. The van der Waals surface area contributed by atoms with Crippen molar-refractivity contribution in [2.24, 2.45) is 5.73 Å². The van der Waals surface area contributed by atoms with Crippen molar-refractivity contribution in [2.45, 2.75) is 19.4 Å². The van der Waals surface area contributed by atoms with Gasteiger partial charge in [-0.05, 0) is 6.42 Å². The summed E-state index contributed by atoms with van der Waals surface area (Å²) in [6.07, 6.45) is 1.23. The lowest BCUT2D eigenvalue weighted by Crippen LogP contribution is -2.14. The van der Waals surface area contributed by atoms with Crippen molar-refractivity contribution in [2.75, 3.05) is 0 Å². The maximum absolute atomic E-state index is 10.9. The molecule has 0 spiro atoms. The molecule has 1 heterocycles. The van der Waals surface area contributed by atoms with Crippen molar-refractivity contribution in [1.29, 1.82) is 0 Å². The van der Waals surface area contributed by atoms with Gasteiger partial charge in [-0.25, -0.2) is 0 Å². The third-order valence-electron chi connectivity index (χ3n) is 1.95. The van der Waals surface area contributed by atoms with Crippen LogP contribution in [0.5, 0.6) is 0 Å². The Morgan fingerprint density at radius 2 is 2.24 bits per heavy atom. The van der Waals surface area contributed by atoms with E-state index in [1.807, 2.05) is 0 Å². The van der Waals surface area contributed by atoms with E-state index in [2.05, 4.69) is 5.10 Å². The monoisotopic (exact) mass is 242 g/mol. The number of rotatable bonds is 6. The fourth-order valence-corrected chi connectivity index (χ4v) is 1.23. The number of nitrogens with zero attached hydrogens (tertiary/aromatic N) is 3. The Bertz CT molecular complexity index is 435. The van der Waals surface area contributed by atoms with Crippen molar-refractivity contribution in [1.82, 2.24) is 9.78 Å². The van der Waals surface area contributed by atoms with E-state index in [0.29, 0.717) is 0 Å². The molecule has 0 atom stereocenters. The lowest BCUT2D eigenvalue weighted by atomic mass is 10.3. The minimum Gasteiger partial charge on any atom is -0.481 e. The summed E-state index contributed by atoms with van der Waals surface area (Å²) in [7, 11) is 0. The molecule has 0 aliphatic carbocycles. The summed E-state index contributed by atoms with van der Waals surface area (Å²) < 4.78 is 1.14. The van der Waals surface area contributed by atoms with Crippen LogP contribution in [-0.2, 0) is 11.3 Å². The quantitative estimate of drug-likeness (QED) is 0.520. The highest BCUT2D eigenvalue weighted by atomic mass is 16.6. The number of primary amides is 1. The molecule has 0 unspecified atom stereocenters. The summed E-state index contributed by atoms with van der Waals surface area (Å²) >= 11 is 0. The van der Waals surface area contributed by atoms with Crippen molar-refractivity contribution in [3.05, 3.63) is 22.0 Å². The van der Waals surface area contributed by atoms with Crippen LogP contribution in [0.3, 0.4) is 0 Å². The van der Waals surface area contributed by atoms with Gasteiger partial charge in [-0.3, -0.25) is 24.4 Å². The minimum absolute atomic E-state index is 0.0838. The van der Waals surface area contributed by atoms with Crippen LogP contribution in [0.4, 0.5) is 5.69 Å². The first kappa shape index (κ1) is 12.6. The average molecular weight is 242 g/mol. The molecule has 9 heteroatoms. The maximum Gasteiger partial charge on any atom is 0.320 e. The molecule has 92 valence electrons. The van der Waals surface area contributed by atoms with E-state index in [0.717, 1.165) is 10.9 Å². The normalized spacial score (nSPS) is 10.1. The van der Waals surface area contributed by atoms with Crippen LogP contribution in [0.25, 0.3) is 0 Å². The van der Waals surface area contributed by atoms with E-state index in [-0.39, 0.29) is 19.4 Å². The lowest BCUT2D eigenvalue weighted by Gasteiger charge is -1.97. The zero-order chi connectivity index (χ0) is 13.0. The molecule has 1 aromatic rings. The summed E-state index contributed by atoms with van der Waals surface area (Å²) in [5, 5.41) is 22.6. The number of aliphatic carboxylic acids is 1. The molecule has 9 nitrogen and oxygen atoms in total. The van der Waals surface area contributed by atoms with Crippen LogP contribution in [0.15, 0.2) is 6.20 Å². The zero-order valence-electron chi connectivity index (χ0n) is 8.70. The third-order valence-corrected chi connectivity index (χ3v) is 1.95. The molecule has 1 amide bonds. The molecule has 0 saturated carbocycles. The minimum atomic E-state index is -0.992. The first-order valence-corrected chi connectivity index (χ1v) is 4.65. The second kappa shape index (κ2) is 5.05. The Morgan fingerprint density at radius 3 is 2.65 bits per heavy atom. The molecule has 0 radical (unpaired) electrons. The molecule has 0 saturated heterocycles. The SMILES string of the molecule is NC(=O)c1nn(CCCC(=O)O)cc1[N+](=O)[O-]. The van der Waals surface area contributed by atoms with Crippen molar-refractivity contribution >= 4 is 17.6 Å². The Morgan fingerprint density at radius 1 is 1.59 bits per heavy atom. The lowest BCUT2D eigenvalue weighted by molar-refractivity contribution is -0.385. The summed E-state index contributed by atoms with van der Waals surface area (Å²) in [5.41, 5.74) is 4.02. The van der Waals surface area contributed by atoms with Crippen molar-refractivity contribution in [3.63, 3.8) is 0 Å². The van der Waals surface area contributed by atoms with Gasteiger partial charge in [0.1, 0.15) is 6.20 Å². The van der Waals surface area contributed by atoms with Gasteiger partial charge in [0.05, 0.1) is 4.92 Å². The van der Waals surface area contributed by atoms with Crippen LogP contribution in [0, 0.1) is 10.1 Å². The van der Waals surface area contributed by atoms with E-state index >= 15 is 0 Å². The largest absolute Gasteiger partial charge is 0.481 e. The highest BCUT2D eigenvalue weighted by molar-refractivity contribution is 5.94. The number of nitro groups is 1. The number of nitrogens with two attached hydrogens (primary N) is 1. The van der Waals surface area contributed by atoms with Crippen molar-refractivity contribution < 1.29 is 19.6 Å². The highest BCUT2D eigenvalue weighted by Gasteiger charge is 2.23. The maximum atomic E-state index is 10.9. The van der Waals surface area contributed by atoms with Gasteiger partial charge < -0.3 is 10.8 Å². The van der Waals surface area contributed by atoms with E-state index in [1.165, 1.54) is 0 Å². The molecule has 0 bridgehead atoms. The summed E-state index contributed by atoms with van der Waals surface area (Å²) in [5.74, 6) is -1.96. The Hall–Kier alpha value is -2.45. The summed E-state index contributed by atoms with van der Waals surface area (Å²) in [6, 6.07) is 0. The first-order chi connectivity index (χ1) is 7.91. The molecule has 1 rings (SSSR count). The van der Waals surface area contributed by atoms with Gasteiger partial charge in [-0.1, -0.05) is 0 Å². The van der Waals surface area contributed by atoms with E-state index in [9.17, 15) is 19.7 Å². The fraction of sp³-hybridized carbons (Fsp3) is 0.375. The van der Waals surface area contributed by atoms with Crippen molar-refractivity contribution in [3.8, 4) is 0 Å². The molecule has 3 N–H and O–H groups in total. The predicted molar refractivity (Wildman–Crippen MR) is 54.3 cm³/mol. The number of amides is 1. The predicted octanol–water partition coefficient (Wildman–Crippen LogP) is -0.245. The molecule has 0 aliphatic rings. The van der Waals surface area contributed by atoms with E-state index < -0.39 is 28.2 Å².